The third-order valence-corrected chi connectivity index (χ3v) is 9.01. The van der Waals surface area contributed by atoms with Crippen molar-refractivity contribution in [2.75, 3.05) is 12.8 Å². The Morgan fingerprint density at radius 2 is 1.79 bits per heavy atom. The first kappa shape index (κ1) is 21.4. The molecule has 0 saturated heterocycles. The first-order chi connectivity index (χ1) is 14.0. The summed E-state index contributed by atoms with van der Waals surface area (Å²) in [6.07, 6.45) is 1.98. The lowest BCUT2D eigenvalue weighted by Gasteiger charge is -2.36. The van der Waals surface area contributed by atoms with Crippen LogP contribution in [-0.2, 0) is 22.1 Å². The number of benzene rings is 2. The third-order valence-electron chi connectivity index (χ3n) is 5.59. The van der Waals surface area contributed by atoms with Gasteiger partial charge in [0.2, 0.25) is 7.37 Å². The van der Waals surface area contributed by atoms with E-state index in [1.54, 1.807) is 13.0 Å². The normalized spacial score (nSPS) is 22.4. The van der Waals surface area contributed by atoms with E-state index in [0.717, 1.165) is 11.1 Å². The highest BCUT2D eigenvalue weighted by Crippen LogP contribution is 2.75. The maximum absolute atomic E-state index is 14.2. The summed E-state index contributed by atoms with van der Waals surface area (Å²) in [5, 5.41) is 9.00. The first-order valence-corrected chi connectivity index (χ1v) is 11.7. The zero-order valence-electron chi connectivity index (χ0n) is 16.7. The lowest BCUT2D eigenvalue weighted by Crippen LogP contribution is -2.43. The van der Waals surface area contributed by atoms with E-state index in [4.69, 9.17) is 4.52 Å². The largest absolute Gasteiger partial charge is 0.465 e. The van der Waals surface area contributed by atoms with Gasteiger partial charge in [0.05, 0.1) is 13.2 Å². The second-order valence-corrected chi connectivity index (χ2v) is 10.2. The molecule has 0 spiro atoms. The van der Waals surface area contributed by atoms with E-state index < -0.39 is 18.7 Å². The number of hydrogen-bond acceptors (Lipinski definition) is 3. The summed E-state index contributed by atoms with van der Waals surface area (Å²) in [6, 6.07) is 19.2. The van der Waals surface area contributed by atoms with Gasteiger partial charge in [0.25, 0.3) is 0 Å². The van der Waals surface area contributed by atoms with Gasteiger partial charge in [-0.25, -0.2) is 4.79 Å². The zero-order valence-corrected chi connectivity index (χ0v) is 17.6. The Morgan fingerprint density at radius 1 is 1.21 bits per heavy atom. The van der Waals surface area contributed by atoms with Crippen LogP contribution in [0.25, 0.3) is 0 Å². The average Bonchev–Trinajstić information content (AvgIpc) is 3.48. The summed E-state index contributed by atoms with van der Waals surface area (Å²) in [5.74, 6) is -0.185. The molecule has 1 fully saturated rings. The Labute approximate surface area is 172 Å². The van der Waals surface area contributed by atoms with Crippen LogP contribution in [0.2, 0.25) is 0 Å². The van der Waals surface area contributed by atoms with Crippen molar-refractivity contribution in [3.8, 4) is 0 Å². The molecule has 1 aliphatic rings. The minimum absolute atomic E-state index is 0.170. The first-order valence-electron chi connectivity index (χ1n) is 9.91. The summed E-state index contributed by atoms with van der Waals surface area (Å²) >= 11 is 0. The van der Waals surface area contributed by atoms with Crippen molar-refractivity contribution in [1.29, 1.82) is 0 Å². The molecule has 29 heavy (non-hydrogen) atoms. The standard InChI is InChI=1S/C23H28NO4P/c1-3-21-17-23(21,24(22(25)26)18-20-13-9-6-10-14-20)29(27,28-4-2)16-15-19-11-7-5-8-12-19/h3,5-14,21H,1,4,15-18H2,2H3,(H,25,26)/t21-,23+,29+/m1/s1. The van der Waals surface area contributed by atoms with E-state index in [9.17, 15) is 14.5 Å². The number of hydrogen-bond donors (Lipinski definition) is 1. The van der Waals surface area contributed by atoms with Gasteiger partial charge in [-0.05, 0) is 30.9 Å². The fourth-order valence-corrected chi connectivity index (χ4v) is 7.38. The van der Waals surface area contributed by atoms with E-state index >= 15 is 0 Å². The summed E-state index contributed by atoms with van der Waals surface area (Å²) < 4.78 is 20.1. The van der Waals surface area contributed by atoms with Crippen LogP contribution in [-0.4, -0.2) is 34.1 Å². The van der Waals surface area contributed by atoms with Crippen LogP contribution in [0.4, 0.5) is 4.79 Å². The van der Waals surface area contributed by atoms with Gasteiger partial charge in [0, 0.05) is 12.1 Å². The molecule has 154 valence electrons. The van der Waals surface area contributed by atoms with E-state index in [1.807, 2.05) is 60.7 Å². The topological polar surface area (TPSA) is 66.8 Å². The SMILES string of the molecule is C=C[C@@H]1C[C@]1(N(Cc1ccccc1)C(=O)O)[P@](=O)(CCc1ccccc1)OCC. The summed E-state index contributed by atoms with van der Waals surface area (Å²) in [6.45, 7) is 6.11. The highest BCUT2D eigenvalue weighted by molar-refractivity contribution is 7.61. The summed E-state index contributed by atoms with van der Waals surface area (Å²) in [7, 11) is -3.32. The average molecular weight is 413 g/mol. The minimum atomic E-state index is -3.32. The molecule has 5 nitrogen and oxygen atoms in total. The number of carbonyl (C=O) groups is 1. The molecule has 0 aliphatic heterocycles. The Morgan fingerprint density at radius 3 is 2.28 bits per heavy atom. The van der Waals surface area contributed by atoms with Gasteiger partial charge in [0.1, 0.15) is 5.28 Å². The molecular formula is C23H28NO4P. The third kappa shape index (κ3) is 4.31. The van der Waals surface area contributed by atoms with Crippen LogP contribution in [0, 0.1) is 5.92 Å². The van der Waals surface area contributed by atoms with Crippen LogP contribution in [0.15, 0.2) is 73.3 Å². The highest BCUT2D eigenvalue weighted by Gasteiger charge is 2.69. The Hall–Kier alpha value is -2.36. The molecule has 1 N–H and O–H groups in total. The van der Waals surface area contributed by atoms with Gasteiger partial charge in [-0.15, -0.1) is 6.58 Å². The van der Waals surface area contributed by atoms with Crippen LogP contribution in [0.3, 0.4) is 0 Å². The molecular weight excluding hydrogens is 385 g/mol. The fourth-order valence-electron chi connectivity index (χ4n) is 4.06. The van der Waals surface area contributed by atoms with Crippen LogP contribution >= 0.6 is 7.37 Å². The van der Waals surface area contributed by atoms with Crippen LogP contribution in [0.5, 0.6) is 0 Å². The Balaban J connectivity index is 1.95. The molecule has 3 atom stereocenters. The van der Waals surface area contributed by atoms with E-state index in [1.165, 1.54) is 4.90 Å². The molecule has 1 saturated carbocycles. The van der Waals surface area contributed by atoms with Crippen molar-refractivity contribution < 1.29 is 19.0 Å². The second kappa shape index (κ2) is 8.98. The molecule has 3 rings (SSSR count). The zero-order chi connectivity index (χ0) is 20.9. The molecule has 0 heterocycles. The molecule has 2 aromatic rings. The molecule has 1 aliphatic carbocycles. The predicted molar refractivity (Wildman–Crippen MR) is 115 cm³/mol. The molecule has 0 bridgehead atoms. The number of aryl methyl sites for hydroxylation is 1. The lowest BCUT2D eigenvalue weighted by molar-refractivity contribution is 0.123. The van der Waals surface area contributed by atoms with E-state index in [2.05, 4.69) is 6.58 Å². The van der Waals surface area contributed by atoms with Gasteiger partial charge in [-0.2, -0.15) is 0 Å². The van der Waals surface area contributed by atoms with E-state index in [0.29, 0.717) is 19.0 Å². The van der Waals surface area contributed by atoms with Crippen molar-refractivity contribution >= 4 is 13.5 Å². The van der Waals surface area contributed by atoms with Gasteiger partial charge >= 0.3 is 6.09 Å². The number of amides is 1. The lowest BCUT2D eigenvalue weighted by atomic mass is 10.2. The van der Waals surface area contributed by atoms with Crippen LogP contribution in [0.1, 0.15) is 24.5 Å². The van der Waals surface area contributed by atoms with Crippen molar-refractivity contribution in [2.45, 2.75) is 31.6 Å². The number of nitrogens with zero attached hydrogens (tertiary/aromatic N) is 1. The molecule has 2 aromatic carbocycles. The molecule has 0 aromatic heterocycles. The maximum Gasteiger partial charge on any atom is 0.408 e. The molecule has 0 radical (unpaired) electrons. The van der Waals surface area contributed by atoms with Crippen molar-refractivity contribution in [3.63, 3.8) is 0 Å². The van der Waals surface area contributed by atoms with E-state index in [-0.39, 0.29) is 19.1 Å². The van der Waals surface area contributed by atoms with Gasteiger partial charge in [0.15, 0.2) is 0 Å². The van der Waals surface area contributed by atoms with Crippen molar-refractivity contribution in [3.05, 3.63) is 84.4 Å². The maximum atomic E-state index is 14.2. The fraction of sp³-hybridized carbons (Fsp3) is 0.348. The second-order valence-electron chi connectivity index (χ2n) is 7.33. The van der Waals surface area contributed by atoms with Crippen LogP contribution < -0.4 is 0 Å². The monoisotopic (exact) mass is 413 g/mol. The van der Waals surface area contributed by atoms with Gasteiger partial charge in [-0.1, -0.05) is 66.7 Å². The summed E-state index contributed by atoms with van der Waals surface area (Å²) in [4.78, 5) is 13.6. The van der Waals surface area contributed by atoms with Gasteiger partial charge < -0.3 is 9.63 Å². The summed E-state index contributed by atoms with van der Waals surface area (Å²) in [5.41, 5.74) is 1.92. The van der Waals surface area contributed by atoms with Crippen molar-refractivity contribution in [2.24, 2.45) is 5.92 Å². The minimum Gasteiger partial charge on any atom is -0.465 e. The smallest absolute Gasteiger partial charge is 0.408 e. The Bertz CT molecular complexity index is 886. The number of carboxylic acid groups (broad SMARTS) is 1. The molecule has 6 heteroatoms. The molecule has 1 amide bonds. The quantitative estimate of drug-likeness (QED) is 0.405. The Kier molecular flexibility index (Phi) is 6.61. The predicted octanol–water partition coefficient (Wildman–Crippen LogP) is 5.63. The van der Waals surface area contributed by atoms with Crippen molar-refractivity contribution in [1.82, 2.24) is 4.90 Å². The highest BCUT2D eigenvalue weighted by atomic mass is 31.2. The molecule has 0 unspecified atom stereocenters. The number of rotatable bonds is 10. The van der Waals surface area contributed by atoms with Gasteiger partial charge in [-0.3, -0.25) is 9.46 Å².